The first-order valence-electron chi connectivity index (χ1n) is 10.4. The second-order valence-electron chi connectivity index (χ2n) is 7.33. The standard InChI is InChI=1S/C27H25N3O3/c1-19(17-21-11-5-3-6-12-21)18-24(28-26(32)22-13-7-4-8-14-22)27(33)30-29-20(2)23-15-9-10-16-25(23)31/h3-18,31H,1-2H3,(H,28,32)(H,30,33)/b19-17-,24-18+,29-20-. The molecular formula is C27H25N3O3. The first-order chi connectivity index (χ1) is 15.9. The van der Waals surface area contributed by atoms with Gasteiger partial charge in [-0.15, -0.1) is 0 Å². The van der Waals surface area contributed by atoms with Gasteiger partial charge in [-0.2, -0.15) is 5.10 Å². The highest BCUT2D eigenvalue weighted by Gasteiger charge is 2.15. The predicted octanol–water partition coefficient (Wildman–Crippen LogP) is 4.65. The summed E-state index contributed by atoms with van der Waals surface area (Å²) in [5, 5.41) is 16.8. The van der Waals surface area contributed by atoms with E-state index in [1.807, 2.05) is 49.4 Å². The van der Waals surface area contributed by atoms with E-state index in [2.05, 4.69) is 15.8 Å². The van der Waals surface area contributed by atoms with Crippen LogP contribution in [0.25, 0.3) is 6.08 Å². The van der Waals surface area contributed by atoms with Gasteiger partial charge < -0.3 is 10.4 Å². The van der Waals surface area contributed by atoms with Crippen molar-refractivity contribution in [3.05, 3.63) is 119 Å². The van der Waals surface area contributed by atoms with Gasteiger partial charge in [-0.25, -0.2) is 5.43 Å². The average Bonchev–Trinajstić information content (AvgIpc) is 2.83. The lowest BCUT2D eigenvalue weighted by Gasteiger charge is -2.10. The molecule has 3 aromatic carbocycles. The zero-order chi connectivity index (χ0) is 23.6. The Hall–Kier alpha value is -4.45. The average molecular weight is 440 g/mol. The lowest BCUT2D eigenvalue weighted by Crippen LogP contribution is -2.33. The number of benzene rings is 3. The van der Waals surface area contributed by atoms with Gasteiger partial charge in [0.05, 0.1) is 5.71 Å². The Balaban J connectivity index is 1.86. The number of rotatable bonds is 7. The molecule has 0 atom stereocenters. The Bertz CT molecular complexity index is 1210. The highest BCUT2D eigenvalue weighted by atomic mass is 16.3. The summed E-state index contributed by atoms with van der Waals surface area (Å²) in [6.45, 7) is 3.51. The summed E-state index contributed by atoms with van der Waals surface area (Å²) in [5.41, 5.74) is 5.58. The van der Waals surface area contributed by atoms with Gasteiger partial charge in [-0.3, -0.25) is 9.59 Å². The lowest BCUT2D eigenvalue weighted by atomic mass is 10.1. The number of allylic oxidation sites excluding steroid dienone is 2. The molecular weight excluding hydrogens is 414 g/mol. The van der Waals surface area contributed by atoms with Crippen LogP contribution in [0.2, 0.25) is 0 Å². The van der Waals surface area contributed by atoms with Gasteiger partial charge in [0.15, 0.2) is 0 Å². The third kappa shape index (κ3) is 6.77. The van der Waals surface area contributed by atoms with E-state index in [1.165, 1.54) is 0 Å². The van der Waals surface area contributed by atoms with Gasteiger partial charge >= 0.3 is 0 Å². The van der Waals surface area contributed by atoms with E-state index in [0.717, 1.165) is 11.1 Å². The van der Waals surface area contributed by atoms with Crippen LogP contribution in [0.3, 0.4) is 0 Å². The van der Waals surface area contributed by atoms with Crippen molar-refractivity contribution >= 4 is 23.6 Å². The molecule has 0 fully saturated rings. The fourth-order valence-electron chi connectivity index (χ4n) is 3.06. The van der Waals surface area contributed by atoms with Crippen LogP contribution in [-0.2, 0) is 4.79 Å². The fourth-order valence-corrected chi connectivity index (χ4v) is 3.06. The molecule has 0 radical (unpaired) electrons. The van der Waals surface area contributed by atoms with Gasteiger partial charge in [0, 0.05) is 11.1 Å². The van der Waals surface area contributed by atoms with Crippen LogP contribution in [0.4, 0.5) is 0 Å². The number of nitrogens with one attached hydrogen (secondary N) is 2. The molecule has 3 rings (SSSR count). The van der Waals surface area contributed by atoms with Gasteiger partial charge in [0.25, 0.3) is 11.8 Å². The third-order valence-corrected chi connectivity index (χ3v) is 4.71. The molecule has 3 N–H and O–H groups in total. The zero-order valence-corrected chi connectivity index (χ0v) is 18.4. The molecule has 0 bridgehead atoms. The quantitative estimate of drug-likeness (QED) is 0.217. The van der Waals surface area contributed by atoms with E-state index >= 15 is 0 Å². The van der Waals surface area contributed by atoms with Crippen LogP contribution in [-0.4, -0.2) is 22.6 Å². The molecule has 33 heavy (non-hydrogen) atoms. The van der Waals surface area contributed by atoms with Crippen molar-refractivity contribution in [2.24, 2.45) is 5.10 Å². The Morgan fingerprint density at radius 3 is 2.12 bits per heavy atom. The number of aromatic hydroxyl groups is 1. The highest BCUT2D eigenvalue weighted by molar-refractivity contribution is 6.05. The summed E-state index contributed by atoms with van der Waals surface area (Å²) in [7, 11) is 0. The Labute approximate surface area is 193 Å². The molecule has 0 aliphatic rings. The number of para-hydroxylation sites is 1. The predicted molar refractivity (Wildman–Crippen MR) is 131 cm³/mol. The van der Waals surface area contributed by atoms with Crippen molar-refractivity contribution in [1.82, 2.24) is 10.7 Å². The lowest BCUT2D eigenvalue weighted by molar-refractivity contribution is -0.117. The molecule has 0 saturated heterocycles. The molecule has 6 nitrogen and oxygen atoms in total. The molecule has 0 aliphatic heterocycles. The summed E-state index contributed by atoms with van der Waals surface area (Å²) in [5.74, 6) is -0.941. The van der Waals surface area contributed by atoms with Crippen molar-refractivity contribution in [2.45, 2.75) is 13.8 Å². The number of carbonyl (C=O) groups excluding carboxylic acids is 2. The van der Waals surface area contributed by atoms with E-state index in [9.17, 15) is 14.7 Å². The normalized spacial score (nSPS) is 12.2. The second kappa shape index (κ2) is 11.2. The van der Waals surface area contributed by atoms with E-state index in [-0.39, 0.29) is 11.4 Å². The van der Waals surface area contributed by atoms with Crippen molar-refractivity contribution in [2.75, 3.05) is 0 Å². The van der Waals surface area contributed by atoms with Crippen molar-refractivity contribution in [3.63, 3.8) is 0 Å². The number of amides is 2. The number of phenolic OH excluding ortho intramolecular Hbond substituents is 1. The fraction of sp³-hybridized carbons (Fsp3) is 0.0741. The molecule has 0 aromatic heterocycles. The van der Waals surface area contributed by atoms with Crippen LogP contribution in [0.15, 0.2) is 107 Å². The monoisotopic (exact) mass is 439 g/mol. The summed E-state index contributed by atoms with van der Waals surface area (Å²) in [6, 6.07) is 25.0. The first kappa shape index (κ1) is 23.2. The van der Waals surface area contributed by atoms with Gasteiger partial charge in [-0.1, -0.05) is 66.7 Å². The van der Waals surface area contributed by atoms with E-state index in [1.54, 1.807) is 61.5 Å². The summed E-state index contributed by atoms with van der Waals surface area (Å²) in [6.07, 6.45) is 3.49. The minimum Gasteiger partial charge on any atom is -0.507 e. The van der Waals surface area contributed by atoms with Gasteiger partial charge in [-0.05, 0) is 55.3 Å². The maximum Gasteiger partial charge on any atom is 0.287 e. The van der Waals surface area contributed by atoms with E-state index in [4.69, 9.17) is 0 Å². The van der Waals surface area contributed by atoms with Gasteiger partial charge in [0.2, 0.25) is 0 Å². The molecule has 0 heterocycles. The number of nitrogens with zero attached hydrogens (tertiary/aromatic N) is 1. The second-order valence-corrected chi connectivity index (χ2v) is 7.33. The molecule has 6 heteroatoms. The zero-order valence-electron chi connectivity index (χ0n) is 18.4. The van der Waals surface area contributed by atoms with Crippen molar-refractivity contribution < 1.29 is 14.7 Å². The van der Waals surface area contributed by atoms with Crippen LogP contribution in [0.1, 0.15) is 35.3 Å². The number of hydrazone groups is 1. The number of phenols is 1. The number of carbonyl (C=O) groups is 2. The molecule has 166 valence electrons. The Kier molecular flexibility index (Phi) is 7.91. The van der Waals surface area contributed by atoms with Gasteiger partial charge in [0.1, 0.15) is 11.4 Å². The number of hydrogen-bond donors (Lipinski definition) is 3. The molecule has 3 aromatic rings. The first-order valence-corrected chi connectivity index (χ1v) is 10.4. The number of hydrogen-bond acceptors (Lipinski definition) is 4. The van der Waals surface area contributed by atoms with E-state index in [0.29, 0.717) is 16.8 Å². The molecule has 0 unspecified atom stereocenters. The topological polar surface area (TPSA) is 90.8 Å². The third-order valence-electron chi connectivity index (χ3n) is 4.71. The van der Waals surface area contributed by atoms with Crippen LogP contribution in [0.5, 0.6) is 5.75 Å². The maximum absolute atomic E-state index is 12.9. The molecule has 2 amide bonds. The molecule has 0 spiro atoms. The van der Waals surface area contributed by atoms with Crippen LogP contribution >= 0.6 is 0 Å². The maximum atomic E-state index is 12.9. The smallest absolute Gasteiger partial charge is 0.287 e. The minimum absolute atomic E-state index is 0.0439. The van der Waals surface area contributed by atoms with Crippen LogP contribution in [0, 0.1) is 0 Å². The Morgan fingerprint density at radius 1 is 0.848 bits per heavy atom. The van der Waals surface area contributed by atoms with Crippen LogP contribution < -0.4 is 10.7 Å². The molecule has 0 saturated carbocycles. The SMILES string of the molecule is CC(=C/c1ccccc1)/C=C(/NC(=O)c1ccccc1)C(=O)N/N=C(/C)c1ccccc1O. The minimum atomic E-state index is -0.588. The summed E-state index contributed by atoms with van der Waals surface area (Å²) in [4.78, 5) is 25.6. The summed E-state index contributed by atoms with van der Waals surface area (Å²) >= 11 is 0. The van der Waals surface area contributed by atoms with Crippen molar-refractivity contribution in [1.29, 1.82) is 0 Å². The van der Waals surface area contributed by atoms with E-state index < -0.39 is 11.8 Å². The van der Waals surface area contributed by atoms with Crippen molar-refractivity contribution in [3.8, 4) is 5.75 Å². The Morgan fingerprint density at radius 2 is 1.45 bits per heavy atom. The highest BCUT2D eigenvalue weighted by Crippen LogP contribution is 2.16. The largest absolute Gasteiger partial charge is 0.507 e. The summed E-state index contributed by atoms with van der Waals surface area (Å²) < 4.78 is 0. The molecule has 0 aliphatic carbocycles.